The number of nitrogens with one attached hydrogen (secondary N) is 1. The van der Waals surface area contributed by atoms with Crippen LogP contribution >= 0.6 is 11.8 Å². The molecular formula is C15H21N5OS. The highest BCUT2D eigenvalue weighted by atomic mass is 32.2. The summed E-state index contributed by atoms with van der Waals surface area (Å²) in [6.45, 7) is 6.48. The quantitative estimate of drug-likeness (QED) is 0.475. The highest BCUT2D eigenvalue weighted by Crippen LogP contribution is 2.33. The van der Waals surface area contributed by atoms with Crippen LogP contribution in [0.25, 0.3) is 0 Å². The molecule has 0 aliphatic carbocycles. The topological polar surface area (TPSA) is 61.4 Å². The zero-order chi connectivity index (χ0) is 15.5. The van der Waals surface area contributed by atoms with E-state index in [1.165, 1.54) is 6.42 Å². The van der Waals surface area contributed by atoms with E-state index in [1.807, 2.05) is 18.5 Å². The first-order valence-electron chi connectivity index (χ1n) is 7.46. The van der Waals surface area contributed by atoms with Gasteiger partial charge in [-0.3, -0.25) is 9.69 Å². The maximum atomic E-state index is 11.8. The predicted molar refractivity (Wildman–Crippen MR) is 88.1 cm³/mol. The lowest BCUT2D eigenvalue weighted by atomic mass is 9.87. The van der Waals surface area contributed by atoms with Crippen molar-refractivity contribution in [2.24, 2.45) is 0 Å². The molecule has 1 aromatic rings. The molecule has 0 aromatic carbocycles. The van der Waals surface area contributed by atoms with E-state index in [1.54, 1.807) is 17.8 Å². The Balaban J connectivity index is 1.57. The van der Waals surface area contributed by atoms with Crippen molar-refractivity contribution < 1.29 is 4.79 Å². The number of carbonyl (C=O) groups excluding carboxylic acids is 1. The molecule has 1 amide bonds. The minimum atomic E-state index is 0.0785. The molecule has 7 heteroatoms. The van der Waals surface area contributed by atoms with Crippen molar-refractivity contribution in [3.05, 3.63) is 24.9 Å². The molecule has 1 N–H and O–H groups in total. The fourth-order valence-electron chi connectivity index (χ4n) is 3.15. The van der Waals surface area contributed by atoms with Gasteiger partial charge in [-0.2, -0.15) is 0 Å². The van der Waals surface area contributed by atoms with Gasteiger partial charge in [-0.15, -0.1) is 6.58 Å². The van der Waals surface area contributed by atoms with Crippen molar-refractivity contribution in [3.8, 4) is 0 Å². The number of amides is 1. The minimum Gasteiger partial charge on any atom is -0.353 e. The third kappa shape index (κ3) is 3.10. The Hall–Kier alpha value is -1.60. The summed E-state index contributed by atoms with van der Waals surface area (Å²) in [5.74, 6) is 1.07. The monoisotopic (exact) mass is 319 g/mol. The molecule has 1 aromatic heterocycles. The number of aromatic nitrogens is 2. The highest BCUT2D eigenvalue weighted by molar-refractivity contribution is 7.98. The summed E-state index contributed by atoms with van der Waals surface area (Å²) in [5.41, 5.74) is 0. The van der Waals surface area contributed by atoms with Gasteiger partial charge in [0.15, 0.2) is 5.16 Å². The first-order valence-corrected chi connectivity index (χ1v) is 8.69. The lowest BCUT2D eigenvalue weighted by Gasteiger charge is -2.56. The summed E-state index contributed by atoms with van der Waals surface area (Å²) in [6, 6.07) is 2.85. The van der Waals surface area contributed by atoms with Gasteiger partial charge in [0.2, 0.25) is 5.91 Å². The normalized spacial score (nSPS) is 23.8. The van der Waals surface area contributed by atoms with Crippen molar-refractivity contribution in [2.45, 2.75) is 23.7 Å². The molecule has 118 valence electrons. The molecule has 6 nitrogen and oxygen atoms in total. The zero-order valence-corrected chi connectivity index (χ0v) is 13.6. The first kappa shape index (κ1) is 15.3. The Labute approximate surface area is 135 Å². The molecule has 3 aliphatic rings. The Morgan fingerprint density at radius 1 is 1.55 bits per heavy atom. The Bertz CT molecular complexity index is 555. The van der Waals surface area contributed by atoms with Crippen molar-refractivity contribution in [2.75, 3.05) is 37.3 Å². The van der Waals surface area contributed by atoms with Crippen LogP contribution < -0.4 is 10.2 Å². The first-order chi connectivity index (χ1) is 10.7. The van der Waals surface area contributed by atoms with Crippen LogP contribution in [0.3, 0.4) is 0 Å². The molecule has 0 radical (unpaired) electrons. The van der Waals surface area contributed by atoms with Crippen molar-refractivity contribution in [3.63, 3.8) is 0 Å². The SMILES string of the molecule is C=CCNC(=O)CN1C2CC1CN(c1ccnc(SC)n1)C2. The van der Waals surface area contributed by atoms with Gasteiger partial charge in [0, 0.05) is 37.9 Å². The van der Waals surface area contributed by atoms with E-state index in [-0.39, 0.29) is 5.91 Å². The van der Waals surface area contributed by atoms with E-state index in [2.05, 4.69) is 31.7 Å². The second-order valence-corrected chi connectivity index (χ2v) is 6.39. The van der Waals surface area contributed by atoms with Crippen LogP contribution in [0.5, 0.6) is 0 Å². The van der Waals surface area contributed by atoms with E-state index in [9.17, 15) is 4.79 Å². The van der Waals surface area contributed by atoms with Crippen molar-refractivity contribution >= 4 is 23.5 Å². The number of piperazine rings is 1. The molecular weight excluding hydrogens is 298 g/mol. The maximum Gasteiger partial charge on any atom is 0.234 e. The third-order valence-corrected chi connectivity index (χ3v) is 4.80. The summed E-state index contributed by atoms with van der Waals surface area (Å²) in [5, 5.41) is 3.65. The Morgan fingerprint density at radius 3 is 3.00 bits per heavy atom. The molecule has 3 aliphatic heterocycles. The summed E-state index contributed by atoms with van der Waals surface area (Å²) in [7, 11) is 0. The van der Waals surface area contributed by atoms with E-state index in [0.29, 0.717) is 25.2 Å². The smallest absolute Gasteiger partial charge is 0.234 e. The molecule has 2 bridgehead atoms. The second-order valence-electron chi connectivity index (χ2n) is 5.61. The largest absolute Gasteiger partial charge is 0.353 e. The van der Waals surface area contributed by atoms with Gasteiger partial charge in [-0.1, -0.05) is 17.8 Å². The number of anilines is 1. The highest BCUT2D eigenvalue weighted by Gasteiger charge is 2.45. The summed E-state index contributed by atoms with van der Waals surface area (Å²) in [4.78, 5) is 25.2. The van der Waals surface area contributed by atoms with Gasteiger partial charge in [0.05, 0.1) is 6.54 Å². The number of rotatable bonds is 6. The molecule has 4 heterocycles. The molecule has 2 atom stereocenters. The zero-order valence-electron chi connectivity index (χ0n) is 12.7. The lowest BCUT2D eigenvalue weighted by molar-refractivity contribution is -0.126. The number of piperidine rings is 1. The van der Waals surface area contributed by atoms with Gasteiger partial charge in [0.1, 0.15) is 5.82 Å². The van der Waals surface area contributed by atoms with Crippen molar-refractivity contribution in [1.82, 2.24) is 20.2 Å². The molecule has 4 rings (SSSR count). The van der Waals surface area contributed by atoms with Crippen LogP contribution in [0.15, 0.2) is 30.1 Å². The Morgan fingerprint density at radius 2 is 2.32 bits per heavy atom. The fourth-order valence-corrected chi connectivity index (χ4v) is 3.50. The van der Waals surface area contributed by atoms with Gasteiger partial charge < -0.3 is 10.2 Å². The number of hydrogen-bond acceptors (Lipinski definition) is 6. The minimum absolute atomic E-state index is 0.0785. The van der Waals surface area contributed by atoms with Gasteiger partial charge in [-0.05, 0) is 18.7 Å². The van der Waals surface area contributed by atoms with Crippen LogP contribution in [-0.4, -0.2) is 65.3 Å². The average Bonchev–Trinajstić information content (AvgIpc) is 2.58. The fraction of sp³-hybridized carbons (Fsp3) is 0.533. The van der Waals surface area contributed by atoms with Crippen LogP contribution in [0.1, 0.15) is 6.42 Å². The molecule has 0 spiro atoms. The Kier molecular flexibility index (Phi) is 4.63. The van der Waals surface area contributed by atoms with Crippen LogP contribution in [0.4, 0.5) is 5.82 Å². The predicted octanol–water partition coefficient (Wildman–Crippen LogP) is 0.764. The molecule has 22 heavy (non-hydrogen) atoms. The number of carbonyl (C=O) groups is 1. The van der Waals surface area contributed by atoms with Gasteiger partial charge in [0.25, 0.3) is 0 Å². The number of fused-ring (bicyclic) bond motifs is 2. The third-order valence-electron chi connectivity index (χ3n) is 4.24. The molecule has 0 saturated carbocycles. The van der Waals surface area contributed by atoms with Crippen LogP contribution in [-0.2, 0) is 4.79 Å². The van der Waals surface area contributed by atoms with E-state index < -0.39 is 0 Å². The molecule has 2 unspecified atom stereocenters. The van der Waals surface area contributed by atoms with E-state index in [0.717, 1.165) is 24.1 Å². The summed E-state index contributed by atoms with van der Waals surface area (Å²) < 4.78 is 0. The summed E-state index contributed by atoms with van der Waals surface area (Å²) in [6.07, 6.45) is 6.67. The second kappa shape index (κ2) is 6.66. The number of hydrogen-bond donors (Lipinski definition) is 1. The van der Waals surface area contributed by atoms with Crippen LogP contribution in [0, 0.1) is 0 Å². The van der Waals surface area contributed by atoms with Gasteiger partial charge in [-0.25, -0.2) is 9.97 Å². The lowest BCUT2D eigenvalue weighted by Crippen LogP contribution is -2.70. The summed E-state index contributed by atoms with van der Waals surface area (Å²) >= 11 is 1.56. The molecule has 3 saturated heterocycles. The maximum absolute atomic E-state index is 11.8. The van der Waals surface area contributed by atoms with Crippen molar-refractivity contribution in [1.29, 1.82) is 0 Å². The van der Waals surface area contributed by atoms with Crippen LogP contribution in [0.2, 0.25) is 0 Å². The van der Waals surface area contributed by atoms with E-state index in [4.69, 9.17) is 0 Å². The van der Waals surface area contributed by atoms with Gasteiger partial charge >= 0.3 is 0 Å². The van der Waals surface area contributed by atoms with E-state index >= 15 is 0 Å². The average molecular weight is 319 g/mol. The molecule has 3 fully saturated rings. The number of nitrogens with zero attached hydrogens (tertiary/aromatic N) is 4. The number of thioether (sulfide) groups is 1. The standard InChI is InChI=1S/C15H21N5OS/c1-3-5-16-14(21)10-20-11-7-12(20)9-19(8-11)13-4-6-17-15(18-13)22-2/h3-4,6,11-12H,1,5,7-10H2,2H3,(H,16,21).